The van der Waals surface area contributed by atoms with Crippen LogP contribution in [0.3, 0.4) is 0 Å². The van der Waals surface area contributed by atoms with Gasteiger partial charge in [-0.25, -0.2) is 4.98 Å². The second-order valence-electron chi connectivity index (χ2n) is 7.28. The summed E-state index contributed by atoms with van der Waals surface area (Å²) in [5, 5.41) is 4.90. The quantitative estimate of drug-likeness (QED) is 0.697. The zero-order valence-corrected chi connectivity index (χ0v) is 15.2. The van der Waals surface area contributed by atoms with E-state index < -0.39 is 0 Å². The number of rotatable bonds is 7. The van der Waals surface area contributed by atoms with Crippen LogP contribution in [-0.4, -0.2) is 11.5 Å². The van der Waals surface area contributed by atoms with Gasteiger partial charge in [0.05, 0.1) is 10.7 Å². The Labute approximate surface area is 129 Å². The number of aryl methyl sites for hydroxylation is 1. The Morgan fingerprint density at radius 1 is 1.15 bits per heavy atom. The molecule has 0 saturated heterocycles. The molecule has 1 aromatic rings. The average Bonchev–Trinajstić information content (AvgIpc) is 2.70. The van der Waals surface area contributed by atoms with Crippen LogP contribution < -0.4 is 5.32 Å². The minimum absolute atomic E-state index is 0.157. The van der Waals surface area contributed by atoms with Gasteiger partial charge in [0.2, 0.25) is 0 Å². The van der Waals surface area contributed by atoms with Crippen molar-refractivity contribution in [2.75, 3.05) is 6.54 Å². The molecule has 0 bridgehead atoms. The molecule has 1 unspecified atom stereocenters. The van der Waals surface area contributed by atoms with Crippen molar-refractivity contribution in [3.05, 3.63) is 15.6 Å². The third-order valence-electron chi connectivity index (χ3n) is 3.53. The van der Waals surface area contributed by atoms with Gasteiger partial charge in [-0.05, 0) is 32.7 Å². The maximum absolute atomic E-state index is 4.75. The predicted octanol–water partition coefficient (Wildman–Crippen LogP) is 5.23. The van der Waals surface area contributed by atoms with E-state index in [4.69, 9.17) is 4.98 Å². The Kier molecular flexibility index (Phi) is 6.67. The van der Waals surface area contributed by atoms with Crippen LogP contribution in [0.5, 0.6) is 0 Å². The highest BCUT2D eigenvalue weighted by Gasteiger charge is 2.22. The first-order chi connectivity index (χ1) is 9.21. The molecule has 0 aliphatic rings. The summed E-state index contributed by atoms with van der Waals surface area (Å²) in [5.74, 6) is 0.825. The zero-order valence-electron chi connectivity index (χ0n) is 14.3. The first-order valence-electron chi connectivity index (χ1n) is 7.93. The van der Waals surface area contributed by atoms with Crippen LogP contribution in [0.1, 0.15) is 82.4 Å². The second-order valence-corrected chi connectivity index (χ2v) is 8.31. The largest absolute Gasteiger partial charge is 0.309 e. The van der Waals surface area contributed by atoms with Crippen LogP contribution in [0.15, 0.2) is 0 Å². The molecule has 0 amide bonds. The van der Waals surface area contributed by atoms with Crippen molar-refractivity contribution in [1.29, 1.82) is 0 Å². The number of hydrogen-bond acceptors (Lipinski definition) is 3. The van der Waals surface area contributed by atoms with Gasteiger partial charge in [0.15, 0.2) is 0 Å². The van der Waals surface area contributed by atoms with Crippen LogP contribution in [0.25, 0.3) is 0 Å². The van der Waals surface area contributed by atoms with Crippen LogP contribution in [0.2, 0.25) is 0 Å². The summed E-state index contributed by atoms with van der Waals surface area (Å²) < 4.78 is 0. The molecule has 0 radical (unpaired) electrons. The van der Waals surface area contributed by atoms with Gasteiger partial charge < -0.3 is 5.32 Å². The Bertz CT molecular complexity index is 402. The Morgan fingerprint density at radius 2 is 1.80 bits per heavy atom. The summed E-state index contributed by atoms with van der Waals surface area (Å²) in [6.07, 6.45) is 3.93. The summed E-state index contributed by atoms with van der Waals surface area (Å²) >= 11 is 1.87. The fraction of sp³-hybridized carbons (Fsp3) is 0.824. The molecule has 2 nitrogen and oxygen atoms in total. The molecule has 20 heavy (non-hydrogen) atoms. The van der Waals surface area contributed by atoms with Crippen LogP contribution in [-0.2, 0) is 5.41 Å². The van der Waals surface area contributed by atoms with Crippen LogP contribution >= 0.6 is 11.3 Å². The average molecular weight is 297 g/mol. The number of hydrogen-bond donors (Lipinski definition) is 1. The maximum Gasteiger partial charge on any atom is 0.0985 e. The number of unbranched alkanes of at least 4 members (excludes halogenated alkanes) is 1. The lowest BCUT2D eigenvalue weighted by Gasteiger charge is -2.14. The molecule has 116 valence electrons. The summed E-state index contributed by atoms with van der Waals surface area (Å²) in [7, 11) is 0. The number of nitrogens with zero attached hydrogens (tertiary/aromatic N) is 1. The van der Waals surface area contributed by atoms with Crippen LogP contribution in [0, 0.1) is 12.8 Å². The van der Waals surface area contributed by atoms with E-state index in [1.807, 2.05) is 11.3 Å². The third-order valence-corrected chi connectivity index (χ3v) is 5.29. The van der Waals surface area contributed by atoms with Crippen molar-refractivity contribution in [3.63, 3.8) is 0 Å². The van der Waals surface area contributed by atoms with E-state index >= 15 is 0 Å². The minimum Gasteiger partial charge on any atom is -0.309 e. The highest BCUT2D eigenvalue weighted by molar-refractivity contribution is 7.12. The van der Waals surface area contributed by atoms with Gasteiger partial charge >= 0.3 is 0 Å². The molecular weight excluding hydrogens is 264 g/mol. The SMILES string of the molecule is Cc1nc(C(C)(C)C)sc1C(C)NCCCCC(C)C. The monoisotopic (exact) mass is 296 g/mol. The van der Waals surface area contributed by atoms with Gasteiger partial charge in [0, 0.05) is 16.3 Å². The van der Waals surface area contributed by atoms with E-state index in [-0.39, 0.29) is 5.41 Å². The number of nitrogens with one attached hydrogen (secondary N) is 1. The fourth-order valence-corrected chi connectivity index (χ4v) is 3.37. The van der Waals surface area contributed by atoms with Gasteiger partial charge in [-0.15, -0.1) is 11.3 Å². The maximum atomic E-state index is 4.75. The molecule has 1 heterocycles. The fourth-order valence-electron chi connectivity index (χ4n) is 2.22. The van der Waals surface area contributed by atoms with Gasteiger partial charge in [-0.2, -0.15) is 0 Å². The first-order valence-corrected chi connectivity index (χ1v) is 8.74. The summed E-state index contributed by atoms with van der Waals surface area (Å²) in [5.41, 5.74) is 1.35. The third kappa shape index (κ3) is 5.53. The second kappa shape index (κ2) is 7.56. The van der Waals surface area contributed by atoms with E-state index in [0.717, 1.165) is 12.5 Å². The summed E-state index contributed by atoms with van der Waals surface area (Å²) in [4.78, 5) is 6.15. The van der Waals surface area contributed by atoms with E-state index in [9.17, 15) is 0 Å². The highest BCUT2D eigenvalue weighted by Crippen LogP contribution is 2.32. The number of aromatic nitrogens is 1. The van der Waals surface area contributed by atoms with Crippen molar-refractivity contribution in [2.45, 2.75) is 79.2 Å². The molecule has 1 N–H and O–H groups in total. The lowest BCUT2D eigenvalue weighted by Crippen LogP contribution is -2.19. The topological polar surface area (TPSA) is 24.9 Å². The molecule has 0 aromatic carbocycles. The lowest BCUT2D eigenvalue weighted by atomic mass is 9.98. The Balaban J connectivity index is 2.47. The molecule has 0 fully saturated rings. The van der Waals surface area contributed by atoms with E-state index in [2.05, 4.69) is 53.8 Å². The molecule has 1 atom stereocenters. The molecule has 1 aromatic heterocycles. The molecule has 0 saturated carbocycles. The molecule has 1 rings (SSSR count). The molecule has 3 heteroatoms. The first kappa shape index (κ1) is 17.6. The Morgan fingerprint density at radius 3 is 2.30 bits per heavy atom. The smallest absolute Gasteiger partial charge is 0.0985 e. The molecule has 0 aliphatic heterocycles. The number of thiazole rings is 1. The van der Waals surface area contributed by atoms with Crippen molar-refractivity contribution < 1.29 is 0 Å². The standard InChI is InChI=1S/C17H32N2S/c1-12(2)10-8-9-11-18-13(3)15-14(4)19-16(20-15)17(5,6)7/h12-13,18H,8-11H2,1-7H3. The normalized spacial score (nSPS) is 14.0. The van der Waals surface area contributed by atoms with E-state index in [0.29, 0.717) is 6.04 Å². The van der Waals surface area contributed by atoms with Gasteiger partial charge in [0.1, 0.15) is 0 Å². The summed E-state index contributed by atoms with van der Waals surface area (Å²) in [6.45, 7) is 16.8. The van der Waals surface area contributed by atoms with Crippen molar-refractivity contribution in [1.82, 2.24) is 10.3 Å². The van der Waals surface area contributed by atoms with Gasteiger partial charge in [-0.1, -0.05) is 47.5 Å². The Hall–Kier alpha value is -0.410. The van der Waals surface area contributed by atoms with Crippen molar-refractivity contribution in [2.24, 2.45) is 5.92 Å². The van der Waals surface area contributed by atoms with Crippen molar-refractivity contribution in [3.8, 4) is 0 Å². The lowest BCUT2D eigenvalue weighted by molar-refractivity contribution is 0.499. The van der Waals surface area contributed by atoms with Gasteiger partial charge in [-0.3, -0.25) is 0 Å². The molecular formula is C17H32N2S. The van der Waals surface area contributed by atoms with Crippen LogP contribution in [0.4, 0.5) is 0 Å². The molecule has 0 spiro atoms. The summed E-state index contributed by atoms with van der Waals surface area (Å²) in [6, 6.07) is 0.419. The van der Waals surface area contributed by atoms with E-state index in [1.54, 1.807) is 0 Å². The zero-order chi connectivity index (χ0) is 15.3. The van der Waals surface area contributed by atoms with Gasteiger partial charge in [0.25, 0.3) is 0 Å². The van der Waals surface area contributed by atoms with E-state index in [1.165, 1.54) is 34.8 Å². The predicted molar refractivity (Wildman–Crippen MR) is 90.7 cm³/mol. The van der Waals surface area contributed by atoms with Crippen molar-refractivity contribution >= 4 is 11.3 Å². The molecule has 0 aliphatic carbocycles. The minimum atomic E-state index is 0.157. The highest BCUT2D eigenvalue weighted by atomic mass is 32.1.